The zero-order chi connectivity index (χ0) is 15.6. The van der Waals surface area contributed by atoms with E-state index in [1.807, 2.05) is 0 Å². The summed E-state index contributed by atoms with van der Waals surface area (Å²) in [6.07, 6.45) is 2.54. The maximum absolute atomic E-state index is 13.4. The Morgan fingerprint density at radius 3 is 2.77 bits per heavy atom. The molecule has 0 spiro atoms. The average Bonchev–Trinajstić information content (AvgIpc) is 3.14. The van der Waals surface area contributed by atoms with Crippen LogP contribution in [0.25, 0.3) is 0 Å². The van der Waals surface area contributed by atoms with E-state index >= 15 is 0 Å². The molecule has 1 N–H and O–H groups in total. The Morgan fingerprint density at radius 1 is 1.27 bits per heavy atom. The van der Waals surface area contributed by atoms with Gasteiger partial charge < -0.3 is 4.74 Å². The number of benzene rings is 1. The van der Waals surface area contributed by atoms with Gasteiger partial charge in [0.25, 0.3) is 0 Å². The summed E-state index contributed by atoms with van der Waals surface area (Å²) < 4.78 is 45.9. The van der Waals surface area contributed by atoms with E-state index in [9.17, 15) is 12.8 Å². The second kappa shape index (κ2) is 6.52. The third-order valence-electron chi connectivity index (χ3n) is 4.08. The topological polar surface area (TPSA) is 58.6 Å². The summed E-state index contributed by atoms with van der Waals surface area (Å²) in [7, 11) is -3.21. The van der Waals surface area contributed by atoms with Crippen LogP contribution in [0.15, 0.2) is 24.3 Å². The normalized spacial score (nSPS) is 22.9. The minimum atomic E-state index is -3.21. The molecule has 7 heteroatoms. The molecule has 0 radical (unpaired) electrons. The number of sulfonamides is 1. The van der Waals surface area contributed by atoms with Crippen molar-refractivity contribution in [2.75, 3.05) is 26.2 Å². The van der Waals surface area contributed by atoms with E-state index in [0.29, 0.717) is 26.1 Å². The minimum absolute atomic E-state index is 0.156. The summed E-state index contributed by atoms with van der Waals surface area (Å²) in [6.45, 7) is 2.20. The van der Waals surface area contributed by atoms with Gasteiger partial charge in [-0.25, -0.2) is 17.5 Å². The SMILES string of the molecule is O=S(=O)(NC1CC1)C1CCN(CCOc2ccccc2F)C1. The first-order chi connectivity index (χ1) is 10.5. The van der Waals surface area contributed by atoms with E-state index < -0.39 is 10.0 Å². The summed E-state index contributed by atoms with van der Waals surface area (Å²) in [6, 6.07) is 6.44. The first kappa shape index (κ1) is 15.7. The molecule has 1 aliphatic heterocycles. The van der Waals surface area contributed by atoms with Crippen LogP contribution >= 0.6 is 0 Å². The van der Waals surface area contributed by atoms with E-state index in [4.69, 9.17) is 4.74 Å². The maximum atomic E-state index is 13.4. The predicted molar refractivity (Wildman–Crippen MR) is 81.8 cm³/mol. The molecule has 5 nitrogen and oxygen atoms in total. The molecule has 122 valence electrons. The molecule has 1 aromatic carbocycles. The maximum Gasteiger partial charge on any atom is 0.216 e. The Kier molecular flexibility index (Phi) is 4.65. The number of halogens is 1. The van der Waals surface area contributed by atoms with E-state index in [2.05, 4.69) is 9.62 Å². The molecule has 1 aliphatic carbocycles. The summed E-state index contributed by atoms with van der Waals surface area (Å²) in [5.74, 6) is -0.140. The molecule has 1 heterocycles. The standard InChI is InChI=1S/C15H21FN2O3S/c16-14-3-1-2-4-15(14)21-10-9-18-8-7-13(11-18)22(19,20)17-12-5-6-12/h1-4,12-13,17H,5-11H2. The number of rotatable bonds is 7. The van der Waals surface area contributed by atoms with Gasteiger partial charge in [-0.2, -0.15) is 0 Å². The molecule has 1 saturated heterocycles. The number of para-hydroxylation sites is 1. The lowest BCUT2D eigenvalue weighted by atomic mass is 10.3. The number of ether oxygens (including phenoxy) is 1. The predicted octanol–water partition coefficient (Wildman–Crippen LogP) is 1.36. The molecule has 1 saturated carbocycles. The summed E-state index contributed by atoms with van der Waals surface area (Å²) in [4.78, 5) is 2.05. The van der Waals surface area contributed by atoms with Crippen molar-refractivity contribution >= 4 is 10.0 Å². The molecule has 0 aromatic heterocycles. The van der Waals surface area contributed by atoms with Gasteiger partial charge in [-0.05, 0) is 37.9 Å². The highest BCUT2D eigenvalue weighted by atomic mass is 32.2. The number of hydrogen-bond donors (Lipinski definition) is 1. The van der Waals surface area contributed by atoms with Crippen LogP contribution in [0.2, 0.25) is 0 Å². The molecule has 0 bridgehead atoms. The van der Waals surface area contributed by atoms with Crippen molar-refractivity contribution in [1.82, 2.24) is 9.62 Å². The van der Waals surface area contributed by atoms with E-state index in [-0.39, 0.29) is 22.9 Å². The average molecular weight is 328 g/mol. The number of likely N-dealkylation sites (tertiary alicyclic amines) is 1. The van der Waals surface area contributed by atoms with Crippen molar-refractivity contribution in [1.29, 1.82) is 0 Å². The van der Waals surface area contributed by atoms with Gasteiger partial charge in [-0.15, -0.1) is 0 Å². The molecule has 22 heavy (non-hydrogen) atoms. The van der Waals surface area contributed by atoms with Crippen LogP contribution < -0.4 is 9.46 Å². The highest BCUT2D eigenvalue weighted by Gasteiger charge is 2.36. The second-order valence-corrected chi connectivity index (χ2v) is 7.92. The first-order valence-corrected chi connectivity index (χ1v) is 9.20. The summed E-state index contributed by atoms with van der Waals surface area (Å²) >= 11 is 0. The lowest BCUT2D eigenvalue weighted by molar-refractivity contribution is 0.231. The van der Waals surface area contributed by atoms with Gasteiger partial charge in [0.05, 0.1) is 5.25 Å². The van der Waals surface area contributed by atoms with Crippen LogP contribution in [0.5, 0.6) is 5.75 Å². The largest absolute Gasteiger partial charge is 0.489 e. The third-order valence-corrected chi connectivity index (χ3v) is 6.00. The number of nitrogens with one attached hydrogen (secondary N) is 1. The van der Waals surface area contributed by atoms with Crippen molar-refractivity contribution in [2.45, 2.75) is 30.6 Å². The third kappa shape index (κ3) is 3.97. The van der Waals surface area contributed by atoms with Crippen LogP contribution in [0, 0.1) is 5.82 Å². The number of nitrogens with zero attached hydrogens (tertiary/aromatic N) is 1. The Labute approximate surface area is 130 Å². The van der Waals surface area contributed by atoms with Gasteiger partial charge in [0.15, 0.2) is 11.6 Å². The highest BCUT2D eigenvalue weighted by Crippen LogP contribution is 2.23. The van der Waals surface area contributed by atoms with Crippen LogP contribution in [0.3, 0.4) is 0 Å². The van der Waals surface area contributed by atoms with Gasteiger partial charge in [-0.3, -0.25) is 4.90 Å². The summed E-state index contributed by atoms with van der Waals surface area (Å²) in [5, 5.41) is -0.346. The fourth-order valence-electron chi connectivity index (χ4n) is 2.63. The van der Waals surface area contributed by atoms with Crippen LogP contribution in [0.1, 0.15) is 19.3 Å². The Bertz CT molecular complexity index is 619. The van der Waals surface area contributed by atoms with Crippen molar-refractivity contribution in [3.8, 4) is 5.75 Å². The quantitative estimate of drug-likeness (QED) is 0.821. The lowest BCUT2D eigenvalue weighted by Gasteiger charge is -2.17. The lowest BCUT2D eigenvalue weighted by Crippen LogP contribution is -2.38. The molecular weight excluding hydrogens is 307 g/mol. The molecular formula is C15H21FN2O3S. The zero-order valence-corrected chi connectivity index (χ0v) is 13.2. The Morgan fingerprint density at radius 2 is 2.05 bits per heavy atom. The van der Waals surface area contributed by atoms with Gasteiger partial charge in [0.2, 0.25) is 10.0 Å². The summed E-state index contributed by atoms with van der Waals surface area (Å²) in [5.41, 5.74) is 0. The van der Waals surface area contributed by atoms with Gasteiger partial charge in [0.1, 0.15) is 6.61 Å². The van der Waals surface area contributed by atoms with E-state index in [0.717, 1.165) is 19.4 Å². The molecule has 2 aliphatic rings. The monoisotopic (exact) mass is 328 g/mol. The smallest absolute Gasteiger partial charge is 0.216 e. The Balaban J connectivity index is 1.44. The minimum Gasteiger partial charge on any atom is -0.489 e. The van der Waals surface area contributed by atoms with E-state index in [1.54, 1.807) is 18.2 Å². The molecule has 3 rings (SSSR count). The van der Waals surface area contributed by atoms with Crippen molar-refractivity contribution < 1.29 is 17.5 Å². The van der Waals surface area contributed by atoms with E-state index in [1.165, 1.54) is 6.07 Å². The fraction of sp³-hybridized carbons (Fsp3) is 0.600. The Hall–Kier alpha value is -1.18. The van der Waals surface area contributed by atoms with Crippen LogP contribution in [-0.2, 0) is 10.0 Å². The number of hydrogen-bond acceptors (Lipinski definition) is 4. The van der Waals surface area contributed by atoms with Gasteiger partial charge in [-0.1, -0.05) is 12.1 Å². The zero-order valence-electron chi connectivity index (χ0n) is 12.4. The van der Waals surface area contributed by atoms with Gasteiger partial charge in [0, 0.05) is 19.1 Å². The second-order valence-electron chi connectivity index (χ2n) is 5.93. The molecule has 1 unspecified atom stereocenters. The molecule has 2 fully saturated rings. The van der Waals surface area contributed by atoms with Crippen LogP contribution in [-0.4, -0.2) is 50.9 Å². The molecule has 0 amide bonds. The van der Waals surface area contributed by atoms with Crippen molar-refractivity contribution in [3.63, 3.8) is 0 Å². The first-order valence-electron chi connectivity index (χ1n) is 7.65. The van der Waals surface area contributed by atoms with Gasteiger partial charge >= 0.3 is 0 Å². The molecule has 1 aromatic rings. The fourth-order valence-corrected chi connectivity index (χ4v) is 4.35. The highest BCUT2D eigenvalue weighted by molar-refractivity contribution is 7.90. The van der Waals surface area contributed by atoms with Crippen molar-refractivity contribution in [3.05, 3.63) is 30.1 Å². The van der Waals surface area contributed by atoms with Crippen molar-refractivity contribution in [2.24, 2.45) is 0 Å². The molecule has 1 atom stereocenters. The van der Waals surface area contributed by atoms with Crippen LogP contribution in [0.4, 0.5) is 4.39 Å².